The summed E-state index contributed by atoms with van der Waals surface area (Å²) in [5.41, 5.74) is 21.2. The molecule has 5 aromatic heterocycles. The minimum atomic E-state index is 0.124. The van der Waals surface area contributed by atoms with Gasteiger partial charge in [0.05, 0.1) is 50.1 Å². The molecule has 5 heterocycles. The highest BCUT2D eigenvalue weighted by atomic mass is 16.3. The van der Waals surface area contributed by atoms with E-state index in [1.54, 1.807) is 0 Å². The number of carbonyl (C=O) groups excluding carboxylic acids is 1. The van der Waals surface area contributed by atoms with Crippen LogP contribution in [0.15, 0.2) is 89.3 Å². The molecular weight excluding hydrogens is 783 g/mol. The van der Waals surface area contributed by atoms with Crippen molar-refractivity contribution in [2.45, 2.75) is 90.9 Å². The van der Waals surface area contributed by atoms with Crippen LogP contribution in [0.25, 0.3) is 109 Å². The van der Waals surface area contributed by atoms with Crippen molar-refractivity contribution in [1.82, 2.24) is 8.80 Å². The van der Waals surface area contributed by atoms with Gasteiger partial charge in [0.2, 0.25) is 0 Å². The summed E-state index contributed by atoms with van der Waals surface area (Å²) in [6.07, 6.45) is 10.1. The second-order valence-electron chi connectivity index (χ2n) is 19.6. The van der Waals surface area contributed by atoms with Crippen molar-refractivity contribution >= 4 is 104 Å². The Bertz CT molecular complexity index is 4130. The molecule has 16 rings (SSSR count). The molecule has 7 aromatic carbocycles. The van der Waals surface area contributed by atoms with E-state index in [0.29, 0.717) is 11.7 Å². The molecule has 0 radical (unpaired) electrons. The first-order valence-electron chi connectivity index (χ1n) is 23.9. The van der Waals surface area contributed by atoms with Gasteiger partial charge in [-0.05, 0) is 169 Å². The number of rotatable bonds is 4. The Labute approximate surface area is 369 Å². The monoisotopic (exact) mass is 827 g/mol. The topological polar surface area (TPSA) is 62.8 Å². The van der Waals surface area contributed by atoms with Gasteiger partial charge in [0.15, 0.2) is 5.78 Å². The van der Waals surface area contributed by atoms with Crippen molar-refractivity contribution in [1.29, 1.82) is 5.26 Å². The number of nitriles is 1. The van der Waals surface area contributed by atoms with E-state index in [2.05, 4.69) is 121 Å². The second kappa shape index (κ2) is 12.2. The van der Waals surface area contributed by atoms with E-state index in [-0.39, 0.29) is 5.92 Å². The molecule has 0 aliphatic heterocycles. The number of furan rings is 1. The molecule has 308 valence electrons. The summed E-state index contributed by atoms with van der Waals surface area (Å²) in [7, 11) is 0. The Kier molecular flexibility index (Phi) is 6.78. The number of carbonyl (C=O) groups is 1. The number of hydrogen-bond acceptors (Lipinski definition) is 3. The lowest BCUT2D eigenvalue weighted by Gasteiger charge is -2.22. The zero-order valence-corrected chi connectivity index (χ0v) is 36.5. The van der Waals surface area contributed by atoms with Crippen LogP contribution in [0.1, 0.15) is 108 Å². The van der Waals surface area contributed by atoms with E-state index in [0.717, 1.165) is 136 Å². The third kappa shape index (κ3) is 4.19. The maximum atomic E-state index is 14.3. The number of para-hydroxylation sites is 1. The van der Waals surface area contributed by atoms with Crippen molar-refractivity contribution < 1.29 is 9.21 Å². The van der Waals surface area contributed by atoms with Crippen molar-refractivity contribution in [2.75, 3.05) is 0 Å². The van der Waals surface area contributed by atoms with Crippen LogP contribution in [0.2, 0.25) is 0 Å². The normalized spacial score (nSPS) is 17.7. The van der Waals surface area contributed by atoms with Gasteiger partial charge in [0.1, 0.15) is 11.2 Å². The lowest BCUT2D eigenvalue weighted by molar-refractivity contribution is 0.0898. The minimum absolute atomic E-state index is 0.124. The SMILES string of the molecule is CCc1cc(CC)c(-c2cc3c4cc5c(cc4n4c6cc(C#N)c7c(c6c(c2)c34)CCC7)c2c3oc4ccccc4c3cc3c4cc6c(cc4n5c32)C(=O)C2CCC6CC2)c(CC)c1. The first kappa shape index (κ1) is 35.5. The van der Waals surface area contributed by atoms with Crippen LogP contribution in [0.3, 0.4) is 0 Å². The summed E-state index contributed by atoms with van der Waals surface area (Å²) in [6.45, 7) is 6.86. The molecule has 1 fully saturated rings. The van der Waals surface area contributed by atoms with Crippen LogP contribution in [0.4, 0.5) is 0 Å². The first-order chi connectivity index (χ1) is 31.5. The highest BCUT2D eigenvalue weighted by molar-refractivity contribution is 6.35. The van der Waals surface area contributed by atoms with Gasteiger partial charge in [-0.2, -0.15) is 5.26 Å². The fourth-order valence-corrected chi connectivity index (χ4v) is 13.8. The Balaban J connectivity index is 1.16. The summed E-state index contributed by atoms with van der Waals surface area (Å²) in [5.74, 6) is 0.888. The fourth-order valence-electron chi connectivity index (χ4n) is 13.8. The number of ketones is 1. The molecule has 4 aliphatic rings. The number of nitrogens with zero attached hydrogens (tertiary/aromatic N) is 3. The van der Waals surface area contributed by atoms with E-state index in [4.69, 9.17) is 4.42 Å². The van der Waals surface area contributed by atoms with Gasteiger partial charge in [0, 0.05) is 60.0 Å². The molecule has 0 saturated heterocycles. The van der Waals surface area contributed by atoms with E-state index in [9.17, 15) is 10.1 Å². The molecule has 0 spiro atoms. The molecular formula is C59H45N3O2. The Morgan fingerprint density at radius 2 is 1.31 bits per heavy atom. The molecule has 1 saturated carbocycles. The lowest BCUT2D eigenvalue weighted by atomic mass is 9.82. The predicted molar refractivity (Wildman–Crippen MR) is 262 cm³/mol. The third-order valence-corrected chi connectivity index (χ3v) is 16.7. The van der Waals surface area contributed by atoms with Crippen LogP contribution < -0.4 is 0 Å². The fraction of sp³-hybridized carbons (Fsp3) is 0.254. The number of benzene rings is 7. The van der Waals surface area contributed by atoms with Crippen molar-refractivity contribution in [2.24, 2.45) is 5.92 Å². The minimum Gasteiger partial charge on any atom is -0.455 e. The second-order valence-corrected chi connectivity index (χ2v) is 19.6. The van der Waals surface area contributed by atoms with Gasteiger partial charge >= 0.3 is 0 Å². The smallest absolute Gasteiger partial charge is 0.166 e. The molecule has 0 N–H and O–H groups in total. The largest absolute Gasteiger partial charge is 0.455 e. The number of hydrogen-bond donors (Lipinski definition) is 0. The van der Waals surface area contributed by atoms with Gasteiger partial charge in [-0.15, -0.1) is 0 Å². The van der Waals surface area contributed by atoms with Crippen LogP contribution >= 0.6 is 0 Å². The summed E-state index contributed by atoms with van der Waals surface area (Å²) < 4.78 is 11.9. The first-order valence-corrected chi connectivity index (χ1v) is 23.9. The Hall–Kier alpha value is -6.90. The highest BCUT2D eigenvalue weighted by Gasteiger charge is 2.37. The zero-order chi connectivity index (χ0) is 42.4. The molecule has 12 aromatic rings. The average Bonchev–Trinajstić information content (AvgIpc) is 4.18. The molecule has 64 heavy (non-hydrogen) atoms. The molecule has 5 nitrogen and oxygen atoms in total. The van der Waals surface area contributed by atoms with Crippen LogP contribution in [-0.4, -0.2) is 14.6 Å². The summed E-state index contributed by atoms with van der Waals surface area (Å²) in [6, 6.07) is 35.1. The van der Waals surface area contributed by atoms with Gasteiger partial charge in [-0.25, -0.2) is 0 Å². The predicted octanol–water partition coefficient (Wildman–Crippen LogP) is 15.1. The Morgan fingerprint density at radius 3 is 2.11 bits per heavy atom. The van der Waals surface area contributed by atoms with Crippen LogP contribution in [0, 0.1) is 17.2 Å². The number of aromatic nitrogens is 2. The lowest BCUT2D eigenvalue weighted by Crippen LogP contribution is -2.15. The van der Waals surface area contributed by atoms with Gasteiger partial charge in [-0.3, -0.25) is 4.79 Å². The van der Waals surface area contributed by atoms with Gasteiger partial charge in [0.25, 0.3) is 0 Å². The van der Waals surface area contributed by atoms with Crippen LogP contribution in [0.5, 0.6) is 0 Å². The van der Waals surface area contributed by atoms with E-state index >= 15 is 0 Å². The van der Waals surface area contributed by atoms with E-state index in [1.807, 2.05) is 0 Å². The maximum Gasteiger partial charge on any atom is 0.166 e. The van der Waals surface area contributed by atoms with Crippen molar-refractivity contribution in [3.63, 3.8) is 0 Å². The molecule has 0 atom stereocenters. The Morgan fingerprint density at radius 1 is 0.625 bits per heavy atom. The number of aryl methyl sites for hydroxylation is 4. The number of fused-ring (bicyclic) bond motifs is 20. The van der Waals surface area contributed by atoms with E-state index in [1.165, 1.54) is 82.3 Å². The molecule has 5 heteroatoms. The average molecular weight is 828 g/mol. The highest BCUT2D eigenvalue weighted by Crippen LogP contribution is 2.52. The van der Waals surface area contributed by atoms with Gasteiger partial charge in [-0.1, -0.05) is 51.1 Å². The zero-order valence-electron chi connectivity index (χ0n) is 36.5. The quantitative estimate of drug-likeness (QED) is 0.178. The molecule has 2 bridgehead atoms. The molecule has 0 unspecified atom stereocenters. The summed E-state index contributed by atoms with van der Waals surface area (Å²) in [5, 5.41) is 22.6. The van der Waals surface area contributed by atoms with E-state index < -0.39 is 0 Å². The number of Topliss-reactive ketones (excluding diaryl/α,β-unsaturated/α-hetero) is 1. The third-order valence-electron chi connectivity index (χ3n) is 16.7. The summed E-state index contributed by atoms with van der Waals surface area (Å²) >= 11 is 0. The van der Waals surface area contributed by atoms with Crippen LogP contribution in [-0.2, 0) is 32.1 Å². The van der Waals surface area contributed by atoms with Crippen molar-refractivity contribution in [3.8, 4) is 17.2 Å². The van der Waals surface area contributed by atoms with Gasteiger partial charge < -0.3 is 13.2 Å². The summed E-state index contributed by atoms with van der Waals surface area (Å²) in [4.78, 5) is 14.3. The molecule has 0 amide bonds. The standard InChI is InChI=1S/C59H45N3O2/c1-4-29-18-30(5-2)53(31(6-3)19-29)34-20-42-41-25-50-46(27-49(41)62-51-22-35(28-60)36-11-9-12-38(36)54(51)47(21-34)56(42)62)55-57-43(24-45-37-10-7-8-13-52(37)64-59(45)55)40-23-39-32-14-16-33(17-15-32)58(63)44(39)26-48(40)61(50)57/h7-8,10,13,18-27,32-33H,4-6,9,11-12,14-17H2,1-3H3. The molecule has 4 aliphatic carbocycles. The van der Waals surface area contributed by atoms with Crippen molar-refractivity contribution in [3.05, 3.63) is 129 Å². The maximum absolute atomic E-state index is 14.3.